The molecule has 0 aromatic rings. The summed E-state index contributed by atoms with van der Waals surface area (Å²) in [5, 5.41) is 16.8. The zero-order valence-electron chi connectivity index (χ0n) is 4.04. The van der Waals surface area contributed by atoms with Crippen molar-refractivity contribution in [3.8, 4) is 0 Å². The van der Waals surface area contributed by atoms with E-state index in [1.807, 2.05) is 0 Å². The van der Waals surface area contributed by atoms with Gasteiger partial charge in [0.2, 0.25) is 0 Å². The Bertz CT molecular complexity index is 38.7. The topological polar surface area (TPSA) is 40.5 Å². The molecule has 0 saturated heterocycles. The van der Waals surface area contributed by atoms with Crippen LogP contribution in [0.3, 0.4) is 0 Å². The van der Waals surface area contributed by atoms with Crippen molar-refractivity contribution in [3.63, 3.8) is 0 Å². The first-order valence-corrected chi connectivity index (χ1v) is 4.10. The summed E-state index contributed by atoms with van der Waals surface area (Å²) >= 11 is 1.01. The van der Waals surface area contributed by atoms with Crippen molar-refractivity contribution < 1.29 is 31.3 Å². The molecule has 2 N–H and O–H groups in total. The first kappa shape index (κ1) is 7.66. The van der Waals surface area contributed by atoms with Crippen LogP contribution in [0, 0.1) is 0 Å². The van der Waals surface area contributed by atoms with E-state index in [1.165, 1.54) is 0 Å². The van der Waals surface area contributed by atoms with Crippen LogP contribution in [-0.4, -0.2) is 21.1 Å². The van der Waals surface area contributed by atoms with Gasteiger partial charge in [0, 0.05) is 0 Å². The molecule has 1 atom stereocenters. The van der Waals surface area contributed by atoms with Gasteiger partial charge in [-0.2, -0.15) is 0 Å². The monoisotopic (exact) mass is 270 g/mol. The Balaban J connectivity index is 2.68. The van der Waals surface area contributed by atoms with Crippen molar-refractivity contribution in [3.05, 3.63) is 0 Å². The molecule has 7 heavy (non-hydrogen) atoms. The van der Waals surface area contributed by atoms with Crippen molar-refractivity contribution in [2.24, 2.45) is 0 Å². The van der Waals surface area contributed by atoms with E-state index in [9.17, 15) is 0 Å². The Hall–Kier alpha value is 0.660. The summed E-state index contributed by atoms with van der Waals surface area (Å²) in [5.41, 5.74) is 0. The Morgan fingerprint density at radius 1 is 1.57 bits per heavy atom. The summed E-state index contributed by atoms with van der Waals surface area (Å²) in [7, 11) is 0. The predicted octanol–water partition coefficient (Wildman–Crippen LogP) is -0.376. The van der Waals surface area contributed by atoms with Crippen molar-refractivity contribution in [2.75, 3.05) is 6.61 Å². The molecule has 0 bridgehead atoms. The molecule has 0 saturated carbocycles. The molecule has 0 rings (SSSR count). The van der Waals surface area contributed by atoms with Gasteiger partial charge in [0.15, 0.2) is 0 Å². The first-order chi connectivity index (χ1) is 3.27. The van der Waals surface area contributed by atoms with Crippen LogP contribution in [0.5, 0.6) is 0 Å². The van der Waals surface area contributed by atoms with Gasteiger partial charge in [0.25, 0.3) is 0 Å². The summed E-state index contributed by atoms with van der Waals surface area (Å²) in [4.78, 5) is 0. The maximum atomic E-state index is 8.62. The summed E-state index contributed by atoms with van der Waals surface area (Å²) in [6.45, 7) is 0.203. The zero-order chi connectivity index (χ0) is 5.70. The molecule has 0 aliphatic carbocycles. The molecule has 0 amide bonds. The van der Waals surface area contributed by atoms with E-state index in [-0.39, 0.29) is 10.9 Å². The number of aliphatic hydroxyl groups is 2. The van der Waals surface area contributed by atoms with Gasteiger partial charge in [-0.3, -0.25) is 0 Å². The van der Waals surface area contributed by atoms with Crippen molar-refractivity contribution in [1.29, 1.82) is 0 Å². The molecular formula is C4H9O2Ta. The Kier molecular flexibility index (Phi) is 5.26. The van der Waals surface area contributed by atoms with Crippen LogP contribution in [-0.2, 0) is 21.1 Å². The molecule has 0 fully saturated rings. The van der Waals surface area contributed by atoms with Gasteiger partial charge in [-0.1, -0.05) is 0 Å². The molecule has 0 aromatic carbocycles. The van der Waals surface area contributed by atoms with Crippen LogP contribution in [0.4, 0.5) is 0 Å². The van der Waals surface area contributed by atoms with E-state index in [2.05, 4.69) is 0 Å². The maximum absolute atomic E-state index is 8.62. The minimum atomic E-state index is -0.146. The van der Waals surface area contributed by atoms with Crippen LogP contribution in [0.25, 0.3) is 0 Å². The summed E-state index contributed by atoms with van der Waals surface area (Å²) in [6, 6.07) is 0. The second-order valence-corrected chi connectivity index (χ2v) is 3.49. The average molecular weight is 270 g/mol. The molecular weight excluding hydrogens is 261 g/mol. The molecule has 42 valence electrons. The molecule has 1 unspecified atom stereocenters. The Morgan fingerprint density at radius 2 is 2.14 bits per heavy atom. The van der Waals surface area contributed by atoms with Gasteiger partial charge in [-0.15, -0.1) is 0 Å². The molecule has 0 aliphatic heterocycles. The van der Waals surface area contributed by atoms with Crippen LogP contribution >= 0.6 is 0 Å². The normalized spacial score (nSPS) is 14.0. The third kappa shape index (κ3) is 6.66. The van der Waals surface area contributed by atoms with E-state index in [0.29, 0.717) is 0 Å². The Morgan fingerprint density at radius 3 is 2.29 bits per heavy atom. The first-order valence-electron chi connectivity index (χ1n) is 2.24. The van der Waals surface area contributed by atoms with E-state index >= 15 is 0 Å². The van der Waals surface area contributed by atoms with Gasteiger partial charge in [-0.05, 0) is 0 Å². The number of hydrogen-bond acceptors (Lipinski definition) is 2. The fourth-order valence-corrected chi connectivity index (χ4v) is 0.930. The van der Waals surface area contributed by atoms with Gasteiger partial charge in [0.1, 0.15) is 0 Å². The van der Waals surface area contributed by atoms with Crippen LogP contribution in [0.15, 0.2) is 0 Å². The third-order valence-corrected chi connectivity index (χ3v) is 1.55. The quantitative estimate of drug-likeness (QED) is 0.734. The zero-order valence-corrected chi connectivity index (χ0v) is 7.25. The minimum absolute atomic E-state index is 0.146. The van der Waals surface area contributed by atoms with Crippen molar-refractivity contribution in [2.45, 2.75) is 17.2 Å². The number of rotatable bonds is 3. The van der Waals surface area contributed by atoms with Gasteiger partial charge in [-0.25, -0.2) is 0 Å². The fraction of sp³-hybridized carbons (Fsp3) is 1.00. The van der Waals surface area contributed by atoms with E-state index in [0.717, 1.165) is 33.9 Å². The van der Waals surface area contributed by atoms with Crippen LogP contribution in [0.1, 0.15) is 12.8 Å². The van der Waals surface area contributed by atoms with E-state index < -0.39 is 0 Å². The molecule has 2 nitrogen and oxygen atoms in total. The van der Waals surface area contributed by atoms with Gasteiger partial charge < -0.3 is 0 Å². The number of aliphatic hydroxyl groups excluding tert-OH is 2. The summed E-state index contributed by atoms with van der Waals surface area (Å²) in [6.07, 6.45) is 1.49. The second kappa shape index (κ2) is 4.81. The third-order valence-electron chi connectivity index (χ3n) is 0.620. The number of hydrogen-bond donors (Lipinski definition) is 2. The molecule has 0 radical (unpaired) electrons. The fourth-order valence-electron chi connectivity index (χ4n) is 0.274. The average Bonchev–Trinajstić information content (AvgIpc) is 1.61. The standard InChI is InChI=1S/C4H9O2.Ta/c5-3-1-2-4-6;/h3,5-6H,1-2,4H2;. The second-order valence-electron chi connectivity index (χ2n) is 1.35. The molecule has 3 heteroatoms. The predicted molar refractivity (Wildman–Crippen MR) is 22.3 cm³/mol. The molecule has 0 aromatic heterocycles. The van der Waals surface area contributed by atoms with Gasteiger partial charge in [0.05, 0.1) is 0 Å². The SMILES string of the molecule is OCCC[CH](O)[Ta]. The van der Waals surface area contributed by atoms with E-state index in [4.69, 9.17) is 10.2 Å². The molecule has 0 heterocycles. The van der Waals surface area contributed by atoms with E-state index in [1.54, 1.807) is 0 Å². The molecule has 0 aliphatic rings. The van der Waals surface area contributed by atoms with Crippen molar-refractivity contribution in [1.82, 2.24) is 0 Å². The molecule has 0 spiro atoms. The van der Waals surface area contributed by atoms with Crippen molar-refractivity contribution >= 4 is 0 Å². The van der Waals surface area contributed by atoms with Crippen LogP contribution in [0.2, 0.25) is 0 Å². The summed E-state index contributed by atoms with van der Waals surface area (Å²) < 4.78 is -0.146. The summed E-state index contributed by atoms with van der Waals surface area (Å²) in [5.74, 6) is 0. The van der Waals surface area contributed by atoms with Gasteiger partial charge >= 0.3 is 55.1 Å². The van der Waals surface area contributed by atoms with Crippen LogP contribution < -0.4 is 0 Å². The Labute approximate surface area is 55.5 Å².